The van der Waals surface area contributed by atoms with E-state index in [0.717, 1.165) is 0 Å². The van der Waals surface area contributed by atoms with Crippen molar-refractivity contribution in [2.24, 2.45) is 11.8 Å². The highest BCUT2D eigenvalue weighted by Gasteiger charge is 2.29. The quantitative estimate of drug-likeness (QED) is 0.900. The van der Waals surface area contributed by atoms with Gasteiger partial charge in [-0.2, -0.15) is 5.10 Å². The minimum atomic E-state index is -0.762. The van der Waals surface area contributed by atoms with E-state index in [1.807, 2.05) is 6.07 Å². The molecule has 120 valence electrons. The average Bonchev–Trinajstić information content (AvgIpc) is 3.10. The minimum absolute atomic E-state index is 0.0672. The molecule has 1 amide bonds. The van der Waals surface area contributed by atoms with Crippen molar-refractivity contribution in [1.82, 2.24) is 14.8 Å². The van der Waals surface area contributed by atoms with E-state index < -0.39 is 5.97 Å². The van der Waals surface area contributed by atoms with Crippen LogP contribution in [0.15, 0.2) is 36.8 Å². The highest BCUT2D eigenvalue weighted by Crippen LogP contribution is 2.29. The molecule has 0 unspecified atom stereocenters. The van der Waals surface area contributed by atoms with E-state index in [-0.39, 0.29) is 17.7 Å². The second kappa shape index (κ2) is 6.60. The van der Waals surface area contributed by atoms with Crippen LogP contribution in [0.2, 0.25) is 0 Å². The van der Waals surface area contributed by atoms with E-state index in [4.69, 9.17) is 5.11 Å². The summed E-state index contributed by atoms with van der Waals surface area (Å²) in [6.07, 6.45) is 7.40. The molecule has 0 aliphatic heterocycles. The minimum Gasteiger partial charge on any atom is -0.481 e. The third-order valence-corrected chi connectivity index (χ3v) is 4.20. The van der Waals surface area contributed by atoms with Gasteiger partial charge in [-0.15, -0.1) is 0 Å². The van der Waals surface area contributed by atoms with Crippen molar-refractivity contribution in [3.05, 3.63) is 36.8 Å². The highest BCUT2D eigenvalue weighted by atomic mass is 16.4. The molecule has 0 spiro atoms. The first-order chi connectivity index (χ1) is 11.1. The maximum atomic E-state index is 12.3. The van der Waals surface area contributed by atoms with Gasteiger partial charge in [0.25, 0.3) is 0 Å². The normalized spacial score (nSPS) is 20.9. The number of rotatable bonds is 4. The van der Waals surface area contributed by atoms with Crippen LogP contribution >= 0.6 is 0 Å². The van der Waals surface area contributed by atoms with Crippen LogP contribution < -0.4 is 5.32 Å². The van der Waals surface area contributed by atoms with Crippen LogP contribution in [0.3, 0.4) is 0 Å². The summed E-state index contributed by atoms with van der Waals surface area (Å²) in [6.45, 7) is 0. The van der Waals surface area contributed by atoms with E-state index in [9.17, 15) is 9.59 Å². The number of pyridine rings is 1. The largest absolute Gasteiger partial charge is 0.481 e. The lowest BCUT2D eigenvalue weighted by molar-refractivity contribution is -0.143. The van der Waals surface area contributed by atoms with Gasteiger partial charge in [-0.3, -0.25) is 9.59 Å². The summed E-state index contributed by atoms with van der Waals surface area (Å²) in [7, 11) is 0. The van der Waals surface area contributed by atoms with Gasteiger partial charge in [-0.05, 0) is 43.9 Å². The van der Waals surface area contributed by atoms with Crippen LogP contribution in [-0.2, 0) is 9.59 Å². The van der Waals surface area contributed by atoms with Crippen molar-refractivity contribution in [1.29, 1.82) is 0 Å². The van der Waals surface area contributed by atoms with E-state index >= 15 is 0 Å². The number of carboxylic acid groups (broad SMARTS) is 1. The molecule has 3 rings (SSSR count). The number of carbonyl (C=O) groups is 2. The average molecular weight is 314 g/mol. The number of hydrogen-bond donors (Lipinski definition) is 2. The van der Waals surface area contributed by atoms with Gasteiger partial charge in [-0.25, -0.2) is 9.67 Å². The number of nitrogens with one attached hydrogen (secondary N) is 1. The van der Waals surface area contributed by atoms with Crippen LogP contribution in [0.4, 0.5) is 5.69 Å². The zero-order valence-corrected chi connectivity index (χ0v) is 12.6. The van der Waals surface area contributed by atoms with Crippen LogP contribution in [0.25, 0.3) is 5.82 Å². The van der Waals surface area contributed by atoms with Crippen molar-refractivity contribution >= 4 is 17.6 Å². The molecule has 7 heteroatoms. The maximum absolute atomic E-state index is 12.3. The van der Waals surface area contributed by atoms with Gasteiger partial charge in [0, 0.05) is 18.3 Å². The third kappa shape index (κ3) is 3.56. The van der Waals surface area contributed by atoms with Crippen LogP contribution in [0.5, 0.6) is 0 Å². The zero-order valence-electron chi connectivity index (χ0n) is 12.6. The van der Waals surface area contributed by atoms with Crippen molar-refractivity contribution in [3.8, 4) is 5.82 Å². The Kier molecular flexibility index (Phi) is 4.36. The molecule has 1 fully saturated rings. The number of carbonyl (C=O) groups excluding carboxylic acids is 1. The summed E-state index contributed by atoms with van der Waals surface area (Å²) in [5.41, 5.74) is 0.631. The van der Waals surface area contributed by atoms with Crippen LogP contribution in [-0.4, -0.2) is 31.7 Å². The molecule has 23 heavy (non-hydrogen) atoms. The fraction of sp³-hybridized carbons (Fsp3) is 0.375. The lowest BCUT2D eigenvalue weighted by atomic mass is 9.81. The second-order valence-corrected chi connectivity index (χ2v) is 5.73. The molecular weight excluding hydrogens is 296 g/mol. The lowest BCUT2D eigenvalue weighted by Crippen LogP contribution is -2.29. The highest BCUT2D eigenvalue weighted by molar-refractivity contribution is 5.92. The standard InChI is InChI=1S/C16H18N4O3/c21-15(11-2-4-12(5-3-11)16(22)23)19-13-6-7-14(17-10-13)20-9-1-8-18-20/h1,6-12H,2-5H2,(H,19,21)(H,22,23). The molecule has 2 aromatic rings. The molecule has 0 atom stereocenters. The lowest BCUT2D eigenvalue weighted by Gasteiger charge is -2.25. The van der Waals surface area contributed by atoms with Crippen LogP contribution in [0.1, 0.15) is 25.7 Å². The number of carboxylic acids is 1. The molecule has 1 saturated carbocycles. The molecule has 1 aliphatic rings. The van der Waals surface area contributed by atoms with Crippen molar-refractivity contribution in [2.75, 3.05) is 5.32 Å². The Morgan fingerprint density at radius 1 is 1.17 bits per heavy atom. The molecule has 1 aliphatic carbocycles. The first-order valence-corrected chi connectivity index (χ1v) is 7.63. The number of nitrogens with zero attached hydrogens (tertiary/aromatic N) is 3. The Balaban J connectivity index is 1.57. The topological polar surface area (TPSA) is 97.1 Å². The van der Waals surface area contributed by atoms with Gasteiger partial charge in [0.05, 0.1) is 17.8 Å². The molecule has 7 nitrogen and oxygen atoms in total. The summed E-state index contributed by atoms with van der Waals surface area (Å²) < 4.78 is 1.64. The van der Waals surface area contributed by atoms with Gasteiger partial charge in [0.15, 0.2) is 5.82 Å². The molecule has 0 saturated heterocycles. The Bertz CT molecular complexity index is 674. The molecular formula is C16H18N4O3. The second-order valence-electron chi connectivity index (χ2n) is 5.73. The fourth-order valence-electron chi connectivity index (χ4n) is 2.85. The van der Waals surface area contributed by atoms with Crippen molar-refractivity contribution < 1.29 is 14.7 Å². The van der Waals surface area contributed by atoms with Gasteiger partial charge >= 0.3 is 5.97 Å². The number of aromatic nitrogens is 3. The van der Waals surface area contributed by atoms with Gasteiger partial charge in [0.1, 0.15) is 0 Å². The SMILES string of the molecule is O=C(O)C1CCC(C(=O)Nc2ccc(-n3cccn3)nc2)CC1. The van der Waals surface area contributed by atoms with E-state index in [0.29, 0.717) is 37.2 Å². The van der Waals surface area contributed by atoms with Crippen molar-refractivity contribution in [2.45, 2.75) is 25.7 Å². The molecule has 0 radical (unpaired) electrons. The Labute approximate surface area is 133 Å². The predicted octanol–water partition coefficient (Wildman–Crippen LogP) is 2.10. The Morgan fingerprint density at radius 2 is 1.91 bits per heavy atom. The molecule has 2 heterocycles. The maximum Gasteiger partial charge on any atom is 0.306 e. The Hall–Kier alpha value is -2.70. The van der Waals surface area contributed by atoms with Crippen LogP contribution in [0, 0.1) is 11.8 Å². The molecule has 0 aromatic carbocycles. The van der Waals surface area contributed by atoms with E-state index in [1.54, 1.807) is 35.4 Å². The smallest absolute Gasteiger partial charge is 0.306 e. The first kappa shape index (κ1) is 15.2. The van der Waals surface area contributed by atoms with Gasteiger partial charge in [0.2, 0.25) is 5.91 Å². The number of amides is 1. The number of anilines is 1. The summed E-state index contributed by atoms with van der Waals surface area (Å²) in [4.78, 5) is 27.5. The molecule has 0 bridgehead atoms. The van der Waals surface area contributed by atoms with Gasteiger partial charge < -0.3 is 10.4 Å². The zero-order chi connectivity index (χ0) is 16.2. The monoisotopic (exact) mass is 314 g/mol. The number of aliphatic carboxylic acids is 1. The predicted molar refractivity (Wildman–Crippen MR) is 83.1 cm³/mol. The van der Waals surface area contributed by atoms with Crippen molar-refractivity contribution in [3.63, 3.8) is 0 Å². The third-order valence-electron chi connectivity index (χ3n) is 4.20. The summed E-state index contributed by atoms with van der Waals surface area (Å²) >= 11 is 0. The van der Waals surface area contributed by atoms with Gasteiger partial charge in [-0.1, -0.05) is 0 Å². The Morgan fingerprint density at radius 3 is 2.48 bits per heavy atom. The molecule has 2 N–H and O–H groups in total. The number of hydrogen-bond acceptors (Lipinski definition) is 4. The summed E-state index contributed by atoms with van der Waals surface area (Å²) in [5, 5.41) is 15.9. The van der Waals surface area contributed by atoms with E-state index in [1.165, 1.54) is 0 Å². The van der Waals surface area contributed by atoms with E-state index in [2.05, 4.69) is 15.4 Å². The summed E-state index contributed by atoms with van der Waals surface area (Å²) in [6, 6.07) is 5.37. The first-order valence-electron chi connectivity index (χ1n) is 7.63. The molecule has 2 aromatic heterocycles. The summed E-state index contributed by atoms with van der Waals surface area (Å²) in [5.74, 6) is -0.592. The fourth-order valence-corrected chi connectivity index (χ4v) is 2.85.